The first kappa shape index (κ1) is 18.4. The van der Waals surface area contributed by atoms with Gasteiger partial charge >= 0.3 is 0 Å². The van der Waals surface area contributed by atoms with E-state index in [0.29, 0.717) is 5.56 Å². The number of aromatic nitrogens is 4. The lowest BCUT2D eigenvalue weighted by atomic mass is 10.0. The van der Waals surface area contributed by atoms with Gasteiger partial charge < -0.3 is 14.8 Å². The summed E-state index contributed by atoms with van der Waals surface area (Å²) in [6, 6.07) is 10.7. The summed E-state index contributed by atoms with van der Waals surface area (Å²) < 4.78 is 3.91. The van der Waals surface area contributed by atoms with Gasteiger partial charge in [-0.1, -0.05) is 0 Å². The minimum atomic E-state index is 0.562. The van der Waals surface area contributed by atoms with Crippen LogP contribution in [0.15, 0.2) is 49.1 Å². The molecule has 1 saturated heterocycles. The van der Waals surface area contributed by atoms with Crippen molar-refractivity contribution in [1.29, 1.82) is 5.26 Å². The van der Waals surface area contributed by atoms with Gasteiger partial charge in [-0.25, -0.2) is 9.50 Å². The van der Waals surface area contributed by atoms with Gasteiger partial charge in [-0.3, -0.25) is 0 Å². The second-order valence-corrected chi connectivity index (χ2v) is 7.73. The number of piperazine rings is 1. The summed E-state index contributed by atoms with van der Waals surface area (Å²) in [5, 5.41) is 17.4. The molecule has 1 fully saturated rings. The SMILES string of the molecule is Cc1cc(-c2cc(-c3ccc(N4CCNCC4)nc3)c3c(C#N)cnn3c2)cn1C. The predicted octanol–water partition coefficient (Wildman–Crippen LogP) is 2.99. The normalized spacial score (nSPS) is 14.2. The Bertz CT molecular complexity index is 1230. The highest BCUT2D eigenvalue weighted by molar-refractivity contribution is 5.87. The molecule has 0 saturated carbocycles. The van der Waals surface area contributed by atoms with Crippen molar-refractivity contribution < 1.29 is 0 Å². The molecule has 5 heterocycles. The Hall–Kier alpha value is -3.63. The Morgan fingerprint density at radius 2 is 1.83 bits per heavy atom. The Morgan fingerprint density at radius 1 is 1.03 bits per heavy atom. The van der Waals surface area contributed by atoms with E-state index in [-0.39, 0.29) is 0 Å². The van der Waals surface area contributed by atoms with E-state index in [4.69, 9.17) is 4.98 Å². The molecule has 0 aromatic carbocycles. The highest BCUT2D eigenvalue weighted by atomic mass is 15.2. The van der Waals surface area contributed by atoms with Gasteiger partial charge in [0, 0.05) is 79.8 Å². The topological polar surface area (TPSA) is 74.2 Å². The van der Waals surface area contributed by atoms with Crippen LogP contribution in [0.3, 0.4) is 0 Å². The molecule has 30 heavy (non-hydrogen) atoms. The molecule has 4 aromatic heterocycles. The third kappa shape index (κ3) is 3.11. The molecule has 0 aliphatic carbocycles. The molecule has 0 amide bonds. The van der Waals surface area contributed by atoms with Gasteiger partial charge in [-0.2, -0.15) is 10.4 Å². The van der Waals surface area contributed by atoms with Gasteiger partial charge in [0.15, 0.2) is 0 Å². The first-order chi connectivity index (χ1) is 14.6. The van der Waals surface area contributed by atoms with Crippen LogP contribution in [0.25, 0.3) is 27.8 Å². The molecular formula is C23H23N7. The Kier molecular flexibility index (Phi) is 4.49. The fraction of sp³-hybridized carbons (Fsp3) is 0.261. The number of rotatable bonds is 3. The summed E-state index contributed by atoms with van der Waals surface area (Å²) >= 11 is 0. The molecule has 4 aromatic rings. The quantitative estimate of drug-likeness (QED) is 0.575. The van der Waals surface area contributed by atoms with Gasteiger partial charge in [0.05, 0.1) is 17.3 Å². The van der Waals surface area contributed by atoms with Crippen molar-refractivity contribution in [3.8, 4) is 28.3 Å². The molecule has 1 aliphatic heterocycles. The maximum atomic E-state index is 9.60. The van der Waals surface area contributed by atoms with Crippen LogP contribution in [-0.4, -0.2) is 45.3 Å². The van der Waals surface area contributed by atoms with Crippen LogP contribution in [0.4, 0.5) is 5.82 Å². The van der Waals surface area contributed by atoms with Crippen LogP contribution in [0.2, 0.25) is 0 Å². The molecule has 5 rings (SSSR count). The predicted molar refractivity (Wildman–Crippen MR) is 117 cm³/mol. The van der Waals surface area contributed by atoms with E-state index in [1.165, 1.54) is 5.69 Å². The van der Waals surface area contributed by atoms with Gasteiger partial charge in [-0.15, -0.1) is 0 Å². The van der Waals surface area contributed by atoms with Gasteiger partial charge in [0.2, 0.25) is 0 Å². The first-order valence-corrected chi connectivity index (χ1v) is 10.1. The monoisotopic (exact) mass is 397 g/mol. The number of fused-ring (bicyclic) bond motifs is 1. The molecule has 0 spiro atoms. The first-order valence-electron chi connectivity index (χ1n) is 10.1. The van der Waals surface area contributed by atoms with E-state index < -0.39 is 0 Å². The highest BCUT2D eigenvalue weighted by Crippen LogP contribution is 2.32. The number of pyridine rings is 2. The van der Waals surface area contributed by atoms with E-state index in [1.807, 2.05) is 19.4 Å². The molecular weight excluding hydrogens is 374 g/mol. The van der Waals surface area contributed by atoms with Crippen molar-refractivity contribution in [3.63, 3.8) is 0 Å². The number of hydrogen-bond acceptors (Lipinski definition) is 5. The summed E-state index contributed by atoms with van der Waals surface area (Å²) in [5.41, 5.74) is 6.68. The lowest BCUT2D eigenvalue weighted by Crippen LogP contribution is -2.43. The molecule has 1 N–H and O–H groups in total. The molecule has 0 atom stereocenters. The number of nitrogens with zero attached hydrogens (tertiary/aromatic N) is 6. The summed E-state index contributed by atoms with van der Waals surface area (Å²) in [6.07, 6.45) is 7.62. The fourth-order valence-corrected chi connectivity index (χ4v) is 4.04. The summed E-state index contributed by atoms with van der Waals surface area (Å²) in [5.74, 6) is 0.986. The van der Waals surface area contributed by atoms with Crippen molar-refractivity contribution in [2.24, 2.45) is 7.05 Å². The number of aryl methyl sites for hydroxylation is 2. The van der Waals surface area contributed by atoms with Crippen LogP contribution in [0, 0.1) is 18.3 Å². The van der Waals surface area contributed by atoms with E-state index in [9.17, 15) is 5.26 Å². The van der Waals surface area contributed by atoms with E-state index in [2.05, 4.69) is 63.3 Å². The third-order valence-corrected chi connectivity index (χ3v) is 5.82. The zero-order valence-electron chi connectivity index (χ0n) is 17.1. The standard InChI is InChI=1S/C23H23N7/c1-16-9-18(14-28(16)2)19-10-21(23-20(11-24)13-27-30(23)15-19)17-3-4-22(26-12-17)29-7-5-25-6-8-29/h3-4,9-10,12-15,25H,5-8H2,1-2H3. The lowest BCUT2D eigenvalue weighted by molar-refractivity contribution is 0.585. The van der Waals surface area contributed by atoms with Crippen molar-refractivity contribution in [2.45, 2.75) is 6.92 Å². The van der Waals surface area contributed by atoms with Crippen LogP contribution in [0.5, 0.6) is 0 Å². The molecule has 7 nitrogen and oxygen atoms in total. The van der Waals surface area contributed by atoms with Crippen LogP contribution >= 0.6 is 0 Å². The van der Waals surface area contributed by atoms with E-state index in [1.54, 1.807) is 10.7 Å². The van der Waals surface area contributed by atoms with Crippen LogP contribution in [-0.2, 0) is 7.05 Å². The average Bonchev–Trinajstić information content (AvgIpc) is 3.36. The van der Waals surface area contributed by atoms with Crippen molar-refractivity contribution >= 4 is 11.3 Å². The minimum Gasteiger partial charge on any atom is -0.354 e. The van der Waals surface area contributed by atoms with E-state index in [0.717, 1.165) is 59.8 Å². The molecule has 0 unspecified atom stereocenters. The summed E-state index contributed by atoms with van der Waals surface area (Å²) in [4.78, 5) is 7.02. The van der Waals surface area contributed by atoms with Gasteiger partial charge in [-0.05, 0) is 31.2 Å². The van der Waals surface area contributed by atoms with Crippen molar-refractivity contribution in [2.75, 3.05) is 31.1 Å². The van der Waals surface area contributed by atoms with E-state index >= 15 is 0 Å². The lowest BCUT2D eigenvalue weighted by Gasteiger charge is -2.28. The minimum absolute atomic E-state index is 0.562. The largest absolute Gasteiger partial charge is 0.354 e. The summed E-state index contributed by atoms with van der Waals surface area (Å²) in [6.45, 7) is 5.96. The maximum absolute atomic E-state index is 9.60. The van der Waals surface area contributed by atoms with Gasteiger partial charge in [0.1, 0.15) is 11.9 Å². The third-order valence-electron chi connectivity index (χ3n) is 5.82. The van der Waals surface area contributed by atoms with Crippen molar-refractivity contribution in [3.05, 3.63) is 60.3 Å². The summed E-state index contributed by atoms with van der Waals surface area (Å²) in [7, 11) is 2.04. The molecule has 1 aliphatic rings. The molecule has 150 valence electrons. The zero-order valence-corrected chi connectivity index (χ0v) is 17.1. The fourth-order valence-electron chi connectivity index (χ4n) is 4.04. The van der Waals surface area contributed by atoms with Gasteiger partial charge in [0.25, 0.3) is 0 Å². The number of hydrogen-bond donors (Lipinski definition) is 1. The Balaban J connectivity index is 1.63. The Morgan fingerprint density at radius 3 is 2.50 bits per heavy atom. The zero-order chi connectivity index (χ0) is 20.7. The maximum Gasteiger partial charge on any atom is 0.128 e. The number of anilines is 1. The average molecular weight is 397 g/mol. The second-order valence-electron chi connectivity index (χ2n) is 7.73. The highest BCUT2D eigenvalue weighted by Gasteiger charge is 2.16. The smallest absolute Gasteiger partial charge is 0.128 e. The molecule has 0 bridgehead atoms. The molecule has 0 radical (unpaired) electrons. The van der Waals surface area contributed by atoms with Crippen molar-refractivity contribution in [1.82, 2.24) is 24.5 Å². The number of nitrogens with one attached hydrogen (secondary N) is 1. The number of nitriles is 1. The second kappa shape index (κ2) is 7.32. The van der Waals surface area contributed by atoms with Crippen LogP contribution < -0.4 is 10.2 Å². The Labute approximate surface area is 175 Å². The molecule has 7 heteroatoms. The van der Waals surface area contributed by atoms with Crippen LogP contribution in [0.1, 0.15) is 11.3 Å².